The maximum absolute atomic E-state index is 2.76. The number of rotatable bonds is 18. The van der Waals surface area contributed by atoms with Crippen molar-refractivity contribution in [1.82, 2.24) is 0 Å². The van der Waals surface area contributed by atoms with Gasteiger partial charge in [0.1, 0.15) is 0 Å². The molecule has 0 aliphatic carbocycles. The summed E-state index contributed by atoms with van der Waals surface area (Å²) in [5.74, 6) is 0. The molecule has 0 aromatic heterocycles. The number of benzene rings is 10. The summed E-state index contributed by atoms with van der Waals surface area (Å²) in [5, 5.41) is 13.7. The van der Waals surface area contributed by atoms with Gasteiger partial charge >= 0.3 is 0 Å². The van der Waals surface area contributed by atoms with Gasteiger partial charge in [-0.15, -0.1) is 0 Å². The molecule has 2 nitrogen and oxygen atoms in total. The molecule has 0 aliphatic rings. The molecule has 0 spiro atoms. The maximum Gasteiger partial charge on any atom is 0.0463 e. The van der Waals surface area contributed by atoms with Gasteiger partial charge in [0.25, 0.3) is 0 Å². The molecule has 0 N–H and O–H groups in total. The van der Waals surface area contributed by atoms with Gasteiger partial charge in [-0.2, -0.15) is 0 Å². The first-order chi connectivity index (χ1) is 33.8. The normalized spacial score (nSPS) is 11.4. The maximum atomic E-state index is 2.76. The van der Waals surface area contributed by atoms with Crippen molar-refractivity contribution in [3.05, 3.63) is 279 Å². The molecule has 0 amide bonds. The fourth-order valence-corrected chi connectivity index (χ4v) is 18.5. The molecular weight excluding hydrogens is 897 g/mol. The van der Waals surface area contributed by atoms with E-state index in [9.17, 15) is 0 Å². The lowest BCUT2D eigenvalue weighted by molar-refractivity contribution is 1.05. The summed E-state index contributed by atoms with van der Waals surface area (Å²) < 4.78 is 0. The fourth-order valence-electron chi connectivity index (χ4n) is 9.02. The Balaban J connectivity index is 1.15. The first kappa shape index (κ1) is 45.6. The van der Waals surface area contributed by atoms with Crippen LogP contribution in [0.3, 0.4) is 0 Å². The molecule has 0 unspecified atom stereocenters. The standard InChI is InChI=1S/C62H54N2P4/c1-9-27-51(28-10-1)65(52-29-11-2-12-30-52)47-63(48-66(53-31-13-3-14-32-53)54-33-15-4-16-34-54)61-45-25-44-60-59(61)43-26-46-62(60)64(49-67(55-35-17-5-18-36-55)56-37-19-6-20-38-56)50-68(57-39-21-7-22-40-57)58-41-23-8-24-42-58/h1-46H,47-50H2. The van der Waals surface area contributed by atoms with E-state index in [0.717, 1.165) is 25.1 Å². The lowest BCUT2D eigenvalue weighted by Gasteiger charge is -2.36. The Morgan fingerprint density at radius 1 is 0.191 bits per heavy atom. The van der Waals surface area contributed by atoms with E-state index < -0.39 is 31.7 Å². The topological polar surface area (TPSA) is 6.48 Å². The van der Waals surface area contributed by atoms with E-state index in [1.54, 1.807) is 0 Å². The van der Waals surface area contributed by atoms with Crippen molar-refractivity contribution >= 4 is 96.3 Å². The van der Waals surface area contributed by atoms with Gasteiger partial charge in [0.2, 0.25) is 0 Å². The first-order valence-corrected chi connectivity index (χ1v) is 29.4. The number of nitrogens with zero attached hydrogens (tertiary/aromatic N) is 2. The molecule has 332 valence electrons. The van der Waals surface area contributed by atoms with Crippen LogP contribution >= 0.6 is 31.7 Å². The van der Waals surface area contributed by atoms with Crippen LogP contribution in [0.15, 0.2) is 279 Å². The summed E-state index contributed by atoms with van der Waals surface area (Å²) in [6, 6.07) is 104. The third kappa shape index (κ3) is 10.9. The van der Waals surface area contributed by atoms with Gasteiger partial charge in [0, 0.05) is 47.3 Å². The molecule has 0 saturated carbocycles. The zero-order valence-corrected chi connectivity index (χ0v) is 41.6. The number of fused-ring (bicyclic) bond motifs is 1. The first-order valence-electron chi connectivity index (χ1n) is 23.3. The number of anilines is 2. The Labute approximate surface area is 408 Å². The monoisotopic (exact) mass is 950 g/mol. The van der Waals surface area contributed by atoms with Gasteiger partial charge in [0.15, 0.2) is 0 Å². The van der Waals surface area contributed by atoms with E-state index in [0.29, 0.717) is 0 Å². The Hall–Kier alpha value is -6.22. The van der Waals surface area contributed by atoms with Crippen molar-refractivity contribution in [1.29, 1.82) is 0 Å². The molecule has 68 heavy (non-hydrogen) atoms. The van der Waals surface area contributed by atoms with Crippen LogP contribution in [0.25, 0.3) is 10.8 Å². The number of hydrogen-bond acceptors (Lipinski definition) is 2. The second-order valence-corrected chi connectivity index (χ2v) is 25.4. The second-order valence-electron chi connectivity index (χ2n) is 16.7. The molecule has 0 bridgehead atoms. The van der Waals surface area contributed by atoms with Crippen LogP contribution in [-0.2, 0) is 0 Å². The smallest absolute Gasteiger partial charge is 0.0463 e. The summed E-state index contributed by atoms with van der Waals surface area (Å²) in [5.41, 5.74) is 2.56. The van der Waals surface area contributed by atoms with Crippen molar-refractivity contribution in [3.63, 3.8) is 0 Å². The van der Waals surface area contributed by atoms with Gasteiger partial charge in [-0.25, -0.2) is 0 Å². The predicted molar refractivity (Wildman–Crippen MR) is 305 cm³/mol. The quantitative estimate of drug-likeness (QED) is 0.0791. The highest BCUT2D eigenvalue weighted by Gasteiger charge is 2.28. The molecule has 0 atom stereocenters. The van der Waals surface area contributed by atoms with Gasteiger partial charge in [-0.1, -0.05) is 267 Å². The minimum atomic E-state index is -0.753. The highest BCUT2D eigenvalue weighted by atomic mass is 31.1. The molecule has 0 heterocycles. The van der Waals surface area contributed by atoms with E-state index in [1.165, 1.54) is 64.6 Å². The molecule has 0 saturated heterocycles. The lowest BCUT2D eigenvalue weighted by Crippen LogP contribution is -2.33. The van der Waals surface area contributed by atoms with Crippen molar-refractivity contribution in [2.24, 2.45) is 0 Å². The summed E-state index contributed by atoms with van der Waals surface area (Å²) >= 11 is 0. The lowest BCUT2D eigenvalue weighted by atomic mass is 10.1. The van der Waals surface area contributed by atoms with Crippen molar-refractivity contribution in [2.75, 3.05) is 34.9 Å². The van der Waals surface area contributed by atoms with E-state index in [4.69, 9.17) is 0 Å². The van der Waals surface area contributed by atoms with Gasteiger partial charge in [0.05, 0.1) is 0 Å². The van der Waals surface area contributed by atoms with Gasteiger partial charge in [-0.3, -0.25) is 0 Å². The van der Waals surface area contributed by atoms with Crippen molar-refractivity contribution < 1.29 is 0 Å². The zero-order valence-electron chi connectivity index (χ0n) is 38.1. The molecule has 10 aromatic carbocycles. The van der Waals surface area contributed by atoms with Crippen LogP contribution in [-0.4, -0.2) is 25.1 Å². The van der Waals surface area contributed by atoms with Crippen LogP contribution < -0.4 is 52.2 Å². The molecule has 0 radical (unpaired) electrons. The molecule has 6 heteroatoms. The number of hydrogen-bond donors (Lipinski definition) is 0. The van der Waals surface area contributed by atoms with Crippen molar-refractivity contribution in [3.8, 4) is 0 Å². The molecule has 0 aliphatic heterocycles. The molecule has 10 rings (SSSR count). The molecular formula is C62H54N2P4. The highest BCUT2D eigenvalue weighted by Crippen LogP contribution is 2.47. The second kappa shape index (κ2) is 22.7. The third-order valence-corrected chi connectivity index (χ3v) is 22.2. The van der Waals surface area contributed by atoms with E-state index in [2.05, 4.69) is 289 Å². The summed E-state index contributed by atoms with van der Waals surface area (Å²) in [4.78, 5) is 5.52. The van der Waals surface area contributed by atoms with E-state index in [1.807, 2.05) is 0 Å². The van der Waals surface area contributed by atoms with Crippen LogP contribution in [0, 0.1) is 0 Å². The Kier molecular flexibility index (Phi) is 15.2. The van der Waals surface area contributed by atoms with Crippen LogP contribution in [0.2, 0.25) is 0 Å². The van der Waals surface area contributed by atoms with Crippen LogP contribution in [0.5, 0.6) is 0 Å². The summed E-state index contributed by atoms with van der Waals surface area (Å²) in [7, 11) is -3.01. The van der Waals surface area contributed by atoms with Gasteiger partial charge < -0.3 is 9.80 Å². The van der Waals surface area contributed by atoms with Crippen LogP contribution in [0.1, 0.15) is 0 Å². The molecule has 0 fully saturated rings. The highest BCUT2D eigenvalue weighted by molar-refractivity contribution is 7.75. The predicted octanol–water partition coefficient (Wildman–Crippen LogP) is 12.8. The third-order valence-electron chi connectivity index (χ3n) is 12.3. The zero-order chi connectivity index (χ0) is 45.7. The Morgan fingerprint density at radius 3 is 0.544 bits per heavy atom. The van der Waals surface area contributed by atoms with Crippen LogP contribution in [0.4, 0.5) is 11.4 Å². The van der Waals surface area contributed by atoms with Crippen molar-refractivity contribution in [2.45, 2.75) is 0 Å². The average molecular weight is 951 g/mol. The Morgan fingerprint density at radius 2 is 0.368 bits per heavy atom. The van der Waals surface area contributed by atoms with E-state index >= 15 is 0 Å². The van der Waals surface area contributed by atoms with E-state index in [-0.39, 0.29) is 0 Å². The molecule has 10 aromatic rings. The summed E-state index contributed by atoms with van der Waals surface area (Å²) in [6.45, 7) is 0. The Bertz CT molecular complexity index is 2540. The summed E-state index contributed by atoms with van der Waals surface area (Å²) in [6.07, 6.45) is 3.54. The van der Waals surface area contributed by atoms with Gasteiger partial charge in [-0.05, 0) is 86.3 Å². The minimum Gasteiger partial charge on any atom is -0.361 e. The average Bonchev–Trinajstić information content (AvgIpc) is 3.43. The minimum absolute atomic E-state index is 0.753. The largest absolute Gasteiger partial charge is 0.361 e. The SMILES string of the molecule is c1ccc(P(CN(CP(c2ccccc2)c2ccccc2)c2cccc3c(N(CP(c4ccccc4)c4ccccc4)CP(c4ccccc4)c4ccccc4)cccc23)c2ccccc2)cc1. The fraction of sp³-hybridized carbons (Fsp3) is 0.0645.